The third-order valence-corrected chi connectivity index (χ3v) is 4.97. The third-order valence-electron chi connectivity index (χ3n) is 4.97. The van der Waals surface area contributed by atoms with Gasteiger partial charge in [0.2, 0.25) is 0 Å². The number of rotatable bonds is 6. The number of hydrogen-bond acceptors (Lipinski definition) is 3. The number of carboxylic acids is 1. The number of carbonyl (C=O) groups is 2. The van der Waals surface area contributed by atoms with Gasteiger partial charge < -0.3 is 10.0 Å². The molecule has 142 valence electrons. The molecule has 0 bridgehead atoms. The first-order valence-electron chi connectivity index (χ1n) is 9.40. The van der Waals surface area contributed by atoms with Crippen molar-refractivity contribution in [1.29, 1.82) is 0 Å². The van der Waals surface area contributed by atoms with Crippen molar-refractivity contribution in [2.24, 2.45) is 0 Å². The monoisotopic (exact) mass is 366 g/mol. The Morgan fingerprint density at radius 3 is 2.48 bits per heavy atom. The maximum absolute atomic E-state index is 12.9. The van der Waals surface area contributed by atoms with Crippen molar-refractivity contribution in [2.75, 3.05) is 13.6 Å². The summed E-state index contributed by atoms with van der Waals surface area (Å²) in [6.45, 7) is 2.05. The van der Waals surface area contributed by atoms with E-state index in [-0.39, 0.29) is 5.91 Å². The number of amides is 1. The van der Waals surface area contributed by atoms with Crippen molar-refractivity contribution in [3.63, 3.8) is 0 Å². The second kappa shape index (κ2) is 8.82. The predicted octanol–water partition coefficient (Wildman–Crippen LogP) is 3.40. The number of nitrogens with zero attached hydrogens (tertiary/aromatic N) is 2. The Morgan fingerprint density at radius 2 is 1.74 bits per heavy atom. The topological polar surface area (TPSA) is 60.9 Å². The fraction of sp³-hybridized carbons (Fsp3) is 0.364. The lowest BCUT2D eigenvalue weighted by Gasteiger charge is -2.33. The van der Waals surface area contributed by atoms with E-state index in [9.17, 15) is 14.7 Å². The summed E-state index contributed by atoms with van der Waals surface area (Å²) in [4.78, 5) is 28.1. The van der Waals surface area contributed by atoms with Gasteiger partial charge in [-0.25, -0.2) is 4.79 Å². The number of benzene rings is 2. The van der Waals surface area contributed by atoms with Gasteiger partial charge in [0.25, 0.3) is 5.91 Å². The molecule has 5 nitrogen and oxygen atoms in total. The van der Waals surface area contributed by atoms with E-state index in [2.05, 4.69) is 17.0 Å². The van der Waals surface area contributed by atoms with Crippen LogP contribution in [0.5, 0.6) is 0 Å². The number of hydrogen-bond donors (Lipinski definition) is 1. The summed E-state index contributed by atoms with van der Waals surface area (Å²) in [6.07, 6.45) is 2.24. The molecule has 1 fully saturated rings. The van der Waals surface area contributed by atoms with Gasteiger partial charge in [0, 0.05) is 25.2 Å². The number of aliphatic carboxylic acids is 1. The lowest BCUT2D eigenvalue weighted by molar-refractivity contribution is -0.143. The molecule has 1 aliphatic heterocycles. The normalized spacial score (nSPS) is 17.1. The standard InChI is InChI=1S/C22H26N2O3/c1-23(15-17-8-3-2-4-9-17)16-18-10-7-11-19(14-18)21(25)24-13-6-5-12-20(24)22(26)27/h2-4,7-11,14,20H,5-6,12-13,15-16H2,1H3,(H,26,27). The van der Waals surface area contributed by atoms with Crippen molar-refractivity contribution in [3.8, 4) is 0 Å². The largest absolute Gasteiger partial charge is 0.480 e. The predicted molar refractivity (Wildman–Crippen MR) is 104 cm³/mol. The van der Waals surface area contributed by atoms with Crippen molar-refractivity contribution < 1.29 is 14.7 Å². The summed E-state index contributed by atoms with van der Waals surface area (Å²) in [5.74, 6) is -1.10. The van der Waals surface area contributed by atoms with Crippen molar-refractivity contribution in [2.45, 2.75) is 38.4 Å². The molecule has 0 aromatic heterocycles. The minimum atomic E-state index is -0.915. The molecule has 1 N–H and O–H groups in total. The highest BCUT2D eigenvalue weighted by atomic mass is 16.4. The molecule has 1 saturated heterocycles. The van der Waals surface area contributed by atoms with Crippen LogP contribution in [0.15, 0.2) is 54.6 Å². The fourth-order valence-electron chi connectivity index (χ4n) is 3.66. The minimum Gasteiger partial charge on any atom is -0.480 e. The lowest BCUT2D eigenvalue weighted by atomic mass is 10.0. The van der Waals surface area contributed by atoms with Crippen molar-refractivity contribution in [1.82, 2.24) is 9.80 Å². The maximum atomic E-state index is 12.9. The highest BCUT2D eigenvalue weighted by Crippen LogP contribution is 2.21. The molecular formula is C22H26N2O3. The minimum absolute atomic E-state index is 0.185. The zero-order valence-electron chi connectivity index (χ0n) is 15.7. The van der Waals surface area contributed by atoms with Gasteiger partial charge >= 0.3 is 5.97 Å². The molecule has 3 rings (SSSR count). The van der Waals surface area contributed by atoms with Crippen LogP contribution in [0.25, 0.3) is 0 Å². The Bertz CT molecular complexity index is 791. The summed E-state index contributed by atoms with van der Waals surface area (Å²) < 4.78 is 0. The molecule has 0 radical (unpaired) electrons. The van der Waals surface area contributed by atoms with Crippen LogP contribution in [0.2, 0.25) is 0 Å². The molecule has 0 spiro atoms. The van der Waals surface area contributed by atoms with Crippen LogP contribution in [0, 0.1) is 0 Å². The third kappa shape index (κ3) is 4.95. The van der Waals surface area contributed by atoms with Gasteiger partial charge in [0.15, 0.2) is 0 Å². The molecule has 5 heteroatoms. The maximum Gasteiger partial charge on any atom is 0.326 e. The van der Waals surface area contributed by atoms with Crippen LogP contribution in [0.1, 0.15) is 40.7 Å². The van der Waals surface area contributed by atoms with E-state index in [1.54, 1.807) is 6.07 Å². The van der Waals surface area contributed by atoms with Crippen LogP contribution >= 0.6 is 0 Å². The average Bonchev–Trinajstić information content (AvgIpc) is 2.68. The first kappa shape index (κ1) is 19.1. The van der Waals surface area contributed by atoms with Gasteiger partial charge in [-0.1, -0.05) is 42.5 Å². The molecule has 0 aliphatic carbocycles. The molecule has 1 atom stereocenters. The Hall–Kier alpha value is -2.66. The molecule has 2 aromatic rings. The van der Waals surface area contributed by atoms with E-state index in [4.69, 9.17) is 0 Å². The molecule has 1 heterocycles. The molecular weight excluding hydrogens is 340 g/mol. The number of piperidine rings is 1. The lowest BCUT2D eigenvalue weighted by Crippen LogP contribution is -2.48. The van der Waals surface area contributed by atoms with Crippen LogP contribution in [-0.4, -0.2) is 46.4 Å². The van der Waals surface area contributed by atoms with Crippen LogP contribution < -0.4 is 0 Å². The molecule has 1 aliphatic rings. The Balaban J connectivity index is 1.69. The zero-order valence-corrected chi connectivity index (χ0v) is 15.7. The second-order valence-electron chi connectivity index (χ2n) is 7.21. The van der Waals surface area contributed by atoms with E-state index < -0.39 is 12.0 Å². The van der Waals surface area contributed by atoms with Gasteiger partial charge in [-0.2, -0.15) is 0 Å². The van der Waals surface area contributed by atoms with E-state index in [0.717, 1.165) is 31.5 Å². The van der Waals surface area contributed by atoms with E-state index in [0.29, 0.717) is 18.5 Å². The second-order valence-corrected chi connectivity index (χ2v) is 7.21. The number of likely N-dealkylation sites (tertiary alicyclic amines) is 1. The summed E-state index contributed by atoms with van der Waals surface area (Å²) in [5.41, 5.74) is 2.85. The Kier molecular flexibility index (Phi) is 6.24. The fourth-order valence-corrected chi connectivity index (χ4v) is 3.66. The molecule has 1 amide bonds. The van der Waals surface area contributed by atoms with Crippen LogP contribution in [0.3, 0.4) is 0 Å². The van der Waals surface area contributed by atoms with Gasteiger partial charge in [0.1, 0.15) is 6.04 Å². The van der Waals surface area contributed by atoms with E-state index in [1.807, 2.05) is 43.4 Å². The highest BCUT2D eigenvalue weighted by molar-refractivity contribution is 5.96. The summed E-state index contributed by atoms with van der Waals surface area (Å²) in [6, 6.07) is 17.1. The van der Waals surface area contributed by atoms with Crippen LogP contribution in [0.4, 0.5) is 0 Å². The van der Waals surface area contributed by atoms with Crippen molar-refractivity contribution >= 4 is 11.9 Å². The summed E-state index contributed by atoms with van der Waals surface area (Å²) >= 11 is 0. The van der Waals surface area contributed by atoms with Crippen LogP contribution in [-0.2, 0) is 17.9 Å². The number of carboxylic acid groups (broad SMARTS) is 1. The van der Waals surface area contributed by atoms with Gasteiger partial charge in [-0.15, -0.1) is 0 Å². The average molecular weight is 366 g/mol. The molecule has 0 saturated carbocycles. The zero-order chi connectivity index (χ0) is 19.2. The van der Waals surface area contributed by atoms with Gasteiger partial charge in [-0.05, 0) is 49.6 Å². The first-order chi connectivity index (χ1) is 13.0. The van der Waals surface area contributed by atoms with Gasteiger partial charge in [0.05, 0.1) is 0 Å². The SMILES string of the molecule is CN(Cc1ccccc1)Cc1cccc(C(=O)N2CCCCC2C(=O)O)c1. The van der Waals surface area contributed by atoms with E-state index in [1.165, 1.54) is 10.5 Å². The number of carbonyl (C=O) groups excluding carboxylic acids is 1. The summed E-state index contributed by atoms with van der Waals surface area (Å²) in [7, 11) is 2.05. The summed E-state index contributed by atoms with van der Waals surface area (Å²) in [5, 5.41) is 9.42. The molecule has 1 unspecified atom stereocenters. The van der Waals surface area contributed by atoms with E-state index >= 15 is 0 Å². The molecule has 27 heavy (non-hydrogen) atoms. The Morgan fingerprint density at radius 1 is 1.04 bits per heavy atom. The quantitative estimate of drug-likeness (QED) is 0.851. The Labute approximate surface area is 160 Å². The van der Waals surface area contributed by atoms with Crippen molar-refractivity contribution in [3.05, 3.63) is 71.3 Å². The smallest absolute Gasteiger partial charge is 0.326 e. The van der Waals surface area contributed by atoms with Gasteiger partial charge in [-0.3, -0.25) is 9.69 Å². The first-order valence-corrected chi connectivity index (χ1v) is 9.40. The molecule has 2 aromatic carbocycles. The highest BCUT2D eigenvalue weighted by Gasteiger charge is 2.32.